The van der Waals surface area contributed by atoms with E-state index in [-0.39, 0.29) is 11.8 Å². The highest BCUT2D eigenvalue weighted by molar-refractivity contribution is 7.12. The average molecular weight is 394 g/mol. The second kappa shape index (κ2) is 8.96. The Kier molecular flexibility index (Phi) is 6.18. The predicted molar refractivity (Wildman–Crippen MR) is 108 cm³/mol. The first kappa shape index (κ1) is 19.3. The zero-order valence-electron chi connectivity index (χ0n) is 15.1. The van der Waals surface area contributed by atoms with E-state index in [1.165, 1.54) is 24.3 Å². The van der Waals surface area contributed by atoms with Crippen LogP contribution < -0.4 is 15.4 Å². The summed E-state index contributed by atoms with van der Waals surface area (Å²) in [5.74, 6) is -0.539. The molecule has 3 rings (SSSR count). The average Bonchev–Trinajstić information content (AvgIpc) is 3.22. The Hall–Kier alpha value is -3.45. The Bertz CT molecular complexity index is 982. The molecule has 1 heterocycles. The molecule has 0 spiro atoms. The maximum absolute atomic E-state index is 12.3. The summed E-state index contributed by atoms with van der Waals surface area (Å²) in [6, 6.07) is 17.3. The lowest BCUT2D eigenvalue weighted by Crippen LogP contribution is -2.22. The number of nitrogens with one attached hydrogen (secondary N) is 2. The number of esters is 1. The van der Waals surface area contributed by atoms with E-state index in [4.69, 9.17) is 4.74 Å². The first-order valence-electron chi connectivity index (χ1n) is 8.52. The molecule has 142 valence electrons. The van der Waals surface area contributed by atoms with Crippen LogP contribution in [0.2, 0.25) is 0 Å². The summed E-state index contributed by atoms with van der Waals surface area (Å²) in [5.41, 5.74) is 1.97. The summed E-state index contributed by atoms with van der Waals surface area (Å²) in [6.45, 7) is 1.63. The smallest absolute Gasteiger partial charge is 0.308 e. The van der Waals surface area contributed by atoms with E-state index >= 15 is 0 Å². The Morgan fingerprint density at radius 2 is 1.75 bits per heavy atom. The van der Waals surface area contributed by atoms with Crippen LogP contribution in [0, 0.1) is 0 Å². The van der Waals surface area contributed by atoms with E-state index in [1.807, 2.05) is 23.6 Å². The molecule has 28 heavy (non-hydrogen) atoms. The van der Waals surface area contributed by atoms with Crippen LogP contribution in [0.1, 0.15) is 32.5 Å². The van der Waals surface area contributed by atoms with Crippen molar-refractivity contribution >= 4 is 34.8 Å². The van der Waals surface area contributed by atoms with E-state index < -0.39 is 5.97 Å². The molecule has 0 saturated carbocycles. The lowest BCUT2D eigenvalue weighted by molar-refractivity contribution is -0.131. The summed E-state index contributed by atoms with van der Waals surface area (Å²) in [4.78, 5) is 36.0. The van der Waals surface area contributed by atoms with E-state index in [0.717, 1.165) is 5.56 Å². The predicted octanol–water partition coefficient (Wildman–Crippen LogP) is 3.86. The molecular weight excluding hydrogens is 376 g/mol. The number of benzene rings is 2. The lowest BCUT2D eigenvalue weighted by Gasteiger charge is -2.08. The maximum atomic E-state index is 12.3. The summed E-state index contributed by atoms with van der Waals surface area (Å²) in [7, 11) is 0. The zero-order chi connectivity index (χ0) is 19.9. The van der Waals surface area contributed by atoms with Crippen LogP contribution in [-0.4, -0.2) is 17.8 Å². The number of carbonyl (C=O) groups is 3. The molecule has 0 fully saturated rings. The van der Waals surface area contributed by atoms with Gasteiger partial charge in [-0.1, -0.05) is 24.3 Å². The summed E-state index contributed by atoms with van der Waals surface area (Å²) in [6.07, 6.45) is 0. The molecule has 0 radical (unpaired) electrons. The number of ether oxygens (including phenoxy) is 1. The van der Waals surface area contributed by atoms with Crippen molar-refractivity contribution in [2.45, 2.75) is 13.5 Å². The monoisotopic (exact) mass is 394 g/mol. The fourth-order valence-electron chi connectivity index (χ4n) is 2.46. The van der Waals surface area contributed by atoms with Gasteiger partial charge in [0.25, 0.3) is 11.8 Å². The molecule has 3 aromatic rings. The van der Waals surface area contributed by atoms with Crippen LogP contribution in [0.15, 0.2) is 66.0 Å². The van der Waals surface area contributed by atoms with Crippen molar-refractivity contribution < 1.29 is 19.1 Å². The van der Waals surface area contributed by atoms with Gasteiger partial charge in [-0.05, 0) is 47.3 Å². The van der Waals surface area contributed by atoms with Crippen LogP contribution in [0.25, 0.3) is 0 Å². The Morgan fingerprint density at radius 1 is 0.964 bits per heavy atom. The van der Waals surface area contributed by atoms with Gasteiger partial charge in [-0.3, -0.25) is 14.4 Å². The van der Waals surface area contributed by atoms with Crippen molar-refractivity contribution in [2.75, 3.05) is 5.32 Å². The topological polar surface area (TPSA) is 84.5 Å². The minimum atomic E-state index is -0.441. The van der Waals surface area contributed by atoms with Crippen LogP contribution >= 0.6 is 11.3 Å². The van der Waals surface area contributed by atoms with Gasteiger partial charge >= 0.3 is 5.97 Å². The van der Waals surface area contributed by atoms with E-state index in [2.05, 4.69) is 10.6 Å². The lowest BCUT2D eigenvalue weighted by atomic mass is 10.1. The minimum absolute atomic E-state index is 0.149. The number of anilines is 1. The molecule has 0 aliphatic rings. The molecule has 7 heteroatoms. The van der Waals surface area contributed by atoms with Crippen molar-refractivity contribution in [2.24, 2.45) is 0 Å². The molecule has 1 aromatic heterocycles. The fourth-order valence-corrected chi connectivity index (χ4v) is 3.08. The number of amides is 2. The number of rotatable bonds is 6. The fraction of sp³-hybridized carbons (Fsp3) is 0.0952. The third kappa shape index (κ3) is 5.28. The van der Waals surface area contributed by atoms with Crippen LogP contribution in [0.3, 0.4) is 0 Å². The van der Waals surface area contributed by atoms with E-state index in [9.17, 15) is 14.4 Å². The van der Waals surface area contributed by atoms with Crippen molar-refractivity contribution in [1.29, 1.82) is 0 Å². The van der Waals surface area contributed by atoms with Crippen molar-refractivity contribution in [1.82, 2.24) is 5.32 Å². The maximum Gasteiger partial charge on any atom is 0.308 e. The van der Waals surface area contributed by atoms with Crippen LogP contribution in [0.4, 0.5) is 5.69 Å². The van der Waals surface area contributed by atoms with Gasteiger partial charge in [-0.2, -0.15) is 0 Å². The number of hydrogen-bond donors (Lipinski definition) is 2. The number of thiophene rings is 1. The molecule has 0 aliphatic heterocycles. The normalized spacial score (nSPS) is 10.2. The van der Waals surface area contributed by atoms with Crippen molar-refractivity contribution in [3.63, 3.8) is 0 Å². The third-order valence-corrected chi connectivity index (χ3v) is 4.64. The van der Waals surface area contributed by atoms with Gasteiger partial charge in [-0.15, -0.1) is 11.3 Å². The van der Waals surface area contributed by atoms with Crippen molar-refractivity contribution in [3.8, 4) is 5.75 Å². The Balaban J connectivity index is 1.55. The first-order chi connectivity index (χ1) is 13.5. The largest absolute Gasteiger partial charge is 0.427 e. The van der Waals surface area contributed by atoms with Gasteiger partial charge in [-0.25, -0.2) is 0 Å². The molecule has 2 aromatic carbocycles. The molecule has 2 amide bonds. The van der Waals surface area contributed by atoms with Gasteiger partial charge < -0.3 is 15.4 Å². The molecule has 0 aliphatic carbocycles. The molecule has 0 atom stereocenters. The third-order valence-electron chi connectivity index (χ3n) is 3.77. The number of carbonyl (C=O) groups excluding carboxylic acids is 3. The quantitative estimate of drug-likeness (QED) is 0.491. The zero-order valence-corrected chi connectivity index (χ0v) is 15.9. The standard InChI is InChI=1S/C21H18N2O4S/c1-14(24)27-18-5-2-4-16(12-18)20(25)22-13-15-7-9-17(10-8-15)23-21(26)19-6-3-11-28-19/h2-12H,13H2,1H3,(H,22,25)(H,23,26). The van der Waals surface area contributed by atoms with Gasteiger partial charge in [0.15, 0.2) is 0 Å². The molecule has 0 bridgehead atoms. The summed E-state index contributed by atoms with van der Waals surface area (Å²) in [5, 5.41) is 7.49. The summed E-state index contributed by atoms with van der Waals surface area (Å²) < 4.78 is 4.99. The molecule has 0 saturated heterocycles. The highest BCUT2D eigenvalue weighted by atomic mass is 32.1. The van der Waals surface area contributed by atoms with Crippen LogP contribution in [0.5, 0.6) is 5.75 Å². The second-order valence-corrected chi connectivity index (χ2v) is 6.88. The highest BCUT2D eigenvalue weighted by Gasteiger charge is 2.09. The minimum Gasteiger partial charge on any atom is -0.427 e. The summed E-state index contributed by atoms with van der Waals surface area (Å²) >= 11 is 1.38. The van der Waals surface area contributed by atoms with Crippen LogP contribution in [-0.2, 0) is 11.3 Å². The SMILES string of the molecule is CC(=O)Oc1cccc(C(=O)NCc2ccc(NC(=O)c3cccs3)cc2)c1. The van der Waals surface area contributed by atoms with Gasteiger partial charge in [0, 0.05) is 24.7 Å². The van der Waals surface area contributed by atoms with Gasteiger partial charge in [0.05, 0.1) is 4.88 Å². The molecular formula is C21H18N2O4S. The van der Waals surface area contributed by atoms with Crippen molar-refractivity contribution in [3.05, 3.63) is 82.0 Å². The van der Waals surface area contributed by atoms with E-state index in [1.54, 1.807) is 36.4 Å². The van der Waals surface area contributed by atoms with Gasteiger partial charge in [0.1, 0.15) is 5.75 Å². The number of hydrogen-bond acceptors (Lipinski definition) is 5. The highest BCUT2D eigenvalue weighted by Crippen LogP contribution is 2.15. The Morgan fingerprint density at radius 3 is 2.43 bits per heavy atom. The van der Waals surface area contributed by atoms with E-state index in [0.29, 0.717) is 28.4 Å². The van der Waals surface area contributed by atoms with Gasteiger partial charge in [0.2, 0.25) is 0 Å². The molecule has 2 N–H and O–H groups in total. The molecule has 0 unspecified atom stereocenters. The first-order valence-corrected chi connectivity index (χ1v) is 9.40. The molecule has 6 nitrogen and oxygen atoms in total. The Labute approximate surface area is 166 Å². The second-order valence-electron chi connectivity index (χ2n) is 5.93.